The van der Waals surface area contributed by atoms with Crippen LogP contribution in [0, 0.1) is 19.7 Å². The lowest BCUT2D eigenvalue weighted by molar-refractivity contribution is 0.262. The summed E-state index contributed by atoms with van der Waals surface area (Å²) < 4.78 is 13.3. The first kappa shape index (κ1) is 13.0. The molecule has 0 saturated heterocycles. The van der Waals surface area contributed by atoms with Crippen LogP contribution in [0.15, 0.2) is 36.5 Å². The van der Waals surface area contributed by atoms with Crippen LogP contribution in [0.2, 0.25) is 0 Å². The van der Waals surface area contributed by atoms with Crippen molar-refractivity contribution >= 4 is 17.5 Å². The first-order valence-corrected chi connectivity index (χ1v) is 5.81. The van der Waals surface area contributed by atoms with E-state index in [1.54, 1.807) is 31.3 Å². The van der Waals surface area contributed by atoms with Gasteiger partial charge in [-0.1, -0.05) is 12.1 Å². The van der Waals surface area contributed by atoms with Gasteiger partial charge in [0.05, 0.1) is 0 Å². The molecule has 0 spiro atoms. The third-order valence-corrected chi connectivity index (χ3v) is 2.58. The number of aryl methyl sites for hydroxylation is 2. The van der Waals surface area contributed by atoms with Crippen LogP contribution in [-0.2, 0) is 0 Å². The Kier molecular flexibility index (Phi) is 3.75. The number of benzene rings is 1. The number of urea groups is 1. The van der Waals surface area contributed by atoms with E-state index in [2.05, 4.69) is 15.6 Å². The van der Waals surface area contributed by atoms with Gasteiger partial charge in [-0.2, -0.15) is 0 Å². The van der Waals surface area contributed by atoms with Crippen LogP contribution in [0.1, 0.15) is 11.1 Å². The summed E-state index contributed by atoms with van der Waals surface area (Å²) in [6.07, 6.45) is 1.65. The van der Waals surface area contributed by atoms with Crippen LogP contribution in [0.3, 0.4) is 0 Å². The monoisotopic (exact) mass is 259 g/mol. The van der Waals surface area contributed by atoms with Crippen LogP contribution >= 0.6 is 0 Å². The summed E-state index contributed by atoms with van der Waals surface area (Å²) in [6.45, 7) is 3.57. The molecule has 0 aliphatic heterocycles. The van der Waals surface area contributed by atoms with E-state index in [-0.39, 0.29) is 5.82 Å². The zero-order valence-electron chi connectivity index (χ0n) is 10.7. The molecule has 0 atom stereocenters. The maximum atomic E-state index is 13.3. The van der Waals surface area contributed by atoms with Crippen molar-refractivity contribution in [1.29, 1.82) is 0 Å². The molecule has 1 aromatic heterocycles. The Hall–Kier alpha value is -2.43. The van der Waals surface area contributed by atoms with E-state index < -0.39 is 6.03 Å². The number of amides is 2. The number of aromatic nitrogens is 1. The fourth-order valence-electron chi connectivity index (χ4n) is 1.49. The molecule has 0 saturated carbocycles. The minimum Gasteiger partial charge on any atom is -0.308 e. The SMILES string of the molecule is Cc1ccc(NC(=O)Nc2ccc(C)c(F)c2)nc1. The second-order valence-electron chi connectivity index (χ2n) is 4.26. The zero-order chi connectivity index (χ0) is 13.8. The molecule has 0 aliphatic rings. The van der Waals surface area contributed by atoms with E-state index >= 15 is 0 Å². The topological polar surface area (TPSA) is 54.0 Å². The average Bonchev–Trinajstić information content (AvgIpc) is 2.37. The highest BCUT2D eigenvalue weighted by molar-refractivity contribution is 5.99. The van der Waals surface area contributed by atoms with Gasteiger partial charge in [0.2, 0.25) is 0 Å². The van der Waals surface area contributed by atoms with Crippen LogP contribution in [0.5, 0.6) is 0 Å². The summed E-state index contributed by atoms with van der Waals surface area (Å²) >= 11 is 0. The number of pyridine rings is 1. The third-order valence-electron chi connectivity index (χ3n) is 2.58. The summed E-state index contributed by atoms with van der Waals surface area (Å²) in [7, 11) is 0. The molecule has 1 heterocycles. The van der Waals surface area contributed by atoms with Crippen LogP contribution < -0.4 is 10.6 Å². The number of nitrogens with one attached hydrogen (secondary N) is 2. The Labute approximate surface area is 110 Å². The van der Waals surface area contributed by atoms with Gasteiger partial charge in [-0.15, -0.1) is 0 Å². The van der Waals surface area contributed by atoms with Crippen molar-refractivity contribution in [3.05, 3.63) is 53.5 Å². The third kappa shape index (κ3) is 3.51. The Bertz CT molecular complexity index is 596. The van der Waals surface area contributed by atoms with E-state index in [4.69, 9.17) is 0 Å². The number of hydrogen-bond acceptors (Lipinski definition) is 2. The molecule has 98 valence electrons. The second kappa shape index (κ2) is 5.48. The number of hydrogen-bond donors (Lipinski definition) is 2. The largest absolute Gasteiger partial charge is 0.324 e. The van der Waals surface area contributed by atoms with Crippen molar-refractivity contribution < 1.29 is 9.18 Å². The number of rotatable bonds is 2. The van der Waals surface area contributed by atoms with Gasteiger partial charge in [0, 0.05) is 11.9 Å². The lowest BCUT2D eigenvalue weighted by Gasteiger charge is -2.07. The summed E-state index contributed by atoms with van der Waals surface area (Å²) in [5.74, 6) is 0.0851. The van der Waals surface area contributed by atoms with Gasteiger partial charge in [0.15, 0.2) is 0 Å². The van der Waals surface area contributed by atoms with E-state index in [0.29, 0.717) is 17.1 Å². The molecule has 4 nitrogen and oxygen atoms in total. The fourth-order valence-corrected chi connectivity index (χ4v) is 1.49. The number of carbonyl (C=O) groups is 1. The lowest BCUT2D eigenvalue weighted by atomic mass is 10.2. The summed E-state index contributed by atoms with van der Waals surface area (Å²) in [6, 6.07) is 7.60. The molecule has 0 bridgehead atoms. The molecule has 2 amide bonds. The van der Waals surface area contributed by atoms with Crippen LogP contribution in [0.4, 0.5) is 20.7 Å². The van der Waals surface area contributed by atoms with Crippen molar-refractivity contribution in [3.63, 3.8) is 0 Å². The van der Waals surface area contributed by atoms with Crippen LogP contribution in [0.25, 0.3) is 0 Å². The maximum absolute atomic E-state index is 13.3. The van der Waals surface area contributed by atoms with Crippen molar-refractivity contribution in [2.45, 2.75) is 13.8 Å². The summed E-state index contributed by atoms with van der Waals surface area (Å²) in [4.78, 5) is 15.7. The highest BCUT2D eigenvalue weighted by Gasteiger charge is 2.05. The molecule has 1 aromatic carbocycles. The lowest BCUT2D eigenvalue weighted by Crippen LogP contribution is -2.20. The van der Waals surface area contributed by atoms with Gasteiger partial charge in [0.1, 0.15) is 11.6 Å². The normalized spacial score (nSPS) is 10.1. The standard InChI is InChI=1S/C14H14FN3O/c1-9-3-6-13(16-8-9)18-14(19)17-11-5-4-10(2)12(15)7-11/h3-8H,1-2H3,(H2,16,17,18,19). The molecule has 19 heavy (non-hydrogen) atoms. The first-order valence-electron chi connectivity index (χ1n) is 5.81. The van der Waals surface area contributed by atoms with E-state index in [1.807, 2.05) is 13.0 Å². The van der Waals surface area contributed by atoms with Gasteiger partial charge >= 0.3 is 6.03 Å². The Morgan fingerprint density at radius 3 is 2.58 bits per heavy atom. The number of anilines is 2. The number of carbonyl (C=O) groups excluding carboxylic acids is 1. The first-order chi connectivity index (χ1) is 9.04. The van der Waals surface area contributed by atoms with E-state index in [1.165, 1.54) is 6.07 Å². The fraction of sp³-hybridized carbons (Fsp3) is 0.143. The summed E-state index contributed by atoms with van der Waals surface area (Å²) in [5, 5.41) is 5.11. The van der Waals surface area contributed by atoms with Crippen molar-refractivity contribution in [2.75, 3.05) is 10.6 Å². The Morgan fingerprint density at radius 1 is 1.16 bits per heavy atom. The van der Waals surface area contributed by atoms with Crippen molar-refractivity contribution in [1.82, 2.24) is 4.98 Å². The van der Waals surface area contributed by atoms with Gasteiger partial charge in [-0.25, -0.2) is 14.2 Å². The minimum absolute atomic E-state index is 0.355. The Morgan fingerprint density at radius 2 is 1.95 bits per heavy atom. The minimum atomic E-state index is -0.459. The number of halogens is 1. The predicted octanol–water partition coefficient (Wildman–Crippen LogP) is 3.48. The van der Waals surface area contributed by atoms with Crippen molar-refractivity contribution in [3.8, 4) is 0 Å². The van der Waals surface area contributed by atoms with Gasteiger partial charge in [-0.3, -0.25) is 5.32 Å². The molecule has 5 heteroatoms. The smallest absolute Gasteiger partial charge is 0.308 e. The number of nitrogens with zero attached hydrogens (tertiary/aromatic N) is 1. The van der Waals surface area contributed by atoms with E-state index in [0.717, 1.165) is 5.56 Å². The van der Waals surface area contributed by atoms with Gasteiger partial charge in [-0.05, 0) is 43.2 Å². The predicted molar refractivity (Wildman–Crippen MR) is 72.8 cm³/mol. The quantitative estimate of drug-likeness (QED) is 0.867. The molecule has 2 aromatic rings. The molecule has 0 unspecified atom stereocenters. The van der Waals surface area contributed by atoms with E-state index in [9.17, 15) is 9.18 Å². The second-order valence-corrected chi connectivity index (χ2v) is 4.26. The molecular formula is C14H14FN3O. The van der Waals surface area contributed by atoms with Crippen LogP contribution in [-0.4, -0.2) is 11.0 Å². The zero-order valence-corrected chi connectivity index (χ0v) is 10.7. The van der Waals surface area contributed by atoms with Crippen molar-refractivity contribution in [2.24, 2.45) is 0 Å². The maximum Gasteiger partial charge on any atom is 0.324 e. The molecule has 2 rings (SSSR count). The Balaban J connectivity index is 2.01. The molecular weight excluding hydrogens is 245 g/mol. The van der Waals surface area contributed by atoms with Gasteiger partial charge in [0.25, 0.3) is 0 Å². The molecule has 2 N–H and O–H groups in total. The molecule has 0 fully saturated rings. The highest BCUT2D eigenvalue weighted by Crippen LogP contribution is 2.14. The highest BCUT2D eigenvalue weighted by atomic mass is 19.1. The molecule has 0 radical (unpaired) electrons. The average molecular weight is 259 g/mol. The van der Waals surface area contributed by atoms with Gasteiger partial charge < -0.3 is 5.32 Å². The summed E-state index contributed by atoms with van der Waals surface area (Å²) in [5.41, 5.74) is 1.94. The molecule has 0 aliphatic carbocycles.